The Labute approximate surface area is 220 Å². The van der Waals surface area contributed by atoms with Gasteiger partial charge in [0.25, 0.3) is 0 Å². The largest absolute Gasteiger partial charge is 0.493 e. The summed E-state index contributed by atoms with van der Waals surface area (Å²) in [5, 5.41) is 5.57. The van der Waals surface area contributed by atoms with Gasteiger partial charge in [0, 0.05) is 36.1 Å². The Kier molecular flexibility index (Phi) is 8.50. The number of para-hydroxylation sites is 1. The first-order valence-corrected chi connectivity index (χ1v) is 12.8. The summed E-state index contributed by atoms with van der Waals surface area (Å²) in [5.74, 6) is 0.427. The quantitative estimate of drug-likeness (QED) is 0.468. The number of pyridine rings is 1. The first kappa shape index (κ1) is 26.3. The Hall–Kier alpha value is -3.79. The third kappa shape index (κ3) is 5.48. The molecule has 1 amide bonds. The number of ether oxygens (including phenoxy) is 3. The highest BCUT2D eigenvalue weighted by atomic mass is 32.2. The van der Waals surface area contributed by atoms with Gasteiger partial charge in [-0.25, -0.2) is 9.79 Å². The Morgan fingerprint density at radius 1 is 1.11 bits per heavy atom. The van der Waals surface area contributed by atoms with Crippen molar-refractivity contribution in [1.29, 1.82) is 0 Å². The number of rotatable bonds is 10. The van der Waals surface area contributed by atoms with E-state index in [0.29, 0.717) is 52.9 Å². The van der Waals surface area contributed by atoms with Crippen molar-refractivity contribution >= 4 is 28.8 Å². The molecule has 0 saturated carbocycles. The van der Waals surface area contributed by atoms with Gasteiger partial charge in [0.15, 0.2) is 16.7 Å². The second-order valence-electron chi connectivity index (χ2n) is 8.28. The van der Waals surface area contributed by atoms with Gasteiger partial charge in [0.1, 0.15) is 0 Å². The van der Waals surface area contributed by atoms with Gasteiger partial charge in [0.2, 0.25) is 5.91 Å². The number of nitrogens with zero attached hydrogens (tertiary/aromatic N) is 3. The van der Waals surface area contributed by atoms with Gasteiger partial charge in [-0.15, -0.1) is 0 Å². The number of aliphatic imine (C=N–C) groups is 1. The predicted molar refractivity (Wildman–Crippen MR) is 142 cm³/mol. The number of thioether (sulfide) groups is 1. The normalized spacial score (nSPS) is 16.5. The van der Waals surface area contributed by atoms with Crippen molar-refractivity contribution in [3.63, 3.8) is 0 Å². The molecule has 0 bridgehead atoms. The number of nitrogens with one attached hydrogen (secondary N) is 1. The molecule has 1 unspecified atom stereocenters. The lowest BCUT2D eigenvalue weighted by Gasteiger charge is -2.37. The smallest absolute Gasteiger partial charge is 0.338 e. The van der Waals surface area contributed by atoms with Crippen LogP contribution in [0.15, 0.2) is 70.0 Å². The third-order valence-corrected chi connectivity index (χ3v) is 7.02. The number of esters is 1. The number of amidine groups is 1. The molecule has 2 aliphatic heterocycles. The maximum Gasteiger partial charge on any atom is 0.338 e. The average Bonchev–Trinajstić information content (AvgIpc) is 3.33. The van der Waals surface area contributed by atoms with Crippen molar-refractivity contribution in [2.45, 2.75) is 32.2 Å². The zero-order valence-corrected chi connectivity index (χ0v) is 22.1. The van der Waals surface area contributed by atoms with Crippen LogP contribution in [0.2, 0.25) is 0 Å². The molecule has 10 heteroatoms. The molecule has 194 valence electrons. The van der Waals surface area contributed by atoms with Crippen molar-refractivity contribution < 1.29 is 23.8 Å². The highest BCUT2D eigenvalue weighted by Gasteiger charge is 2.43. The van der Waals surface area contributed by atoms with Crippen LogP contribution in [0.1, 0.15) is 37.1 Å². The molecule has 2 aliphatic rings. The van der Waals surface area contributed by atoms with E-state index in [1.54, 1.807) is 26.5 Å². The van der Waals surface area contributed by atoms with Gasteiger partial charge in [-0.1, -0.05) is 36.9 Å². The van der Waals surface area contributed by atoms with E-state index in [4.69, 9.17) is 19.2 Å². The molecule has 4 rings (SSSR count). The molecule has 0 radical (unpaired) electrons. The van der Waals surface area contributed by atoms with Crippen LogP contribution >= 0.6 is 11.8 Å². The second kappa shape index (κ2) is 12.0. The molecular weight excluding hydrogens is 492 g/mol. The van der Waals surface area contributed by atoms with Gasteiger partial charge in [0.05, 0.1) is 45.1 Å². The van der Waals surface area contributed by atoms with Crippen molar-refractivity contribution in [3.8, 4) is 11.5 Å². The van der Waals surface area contributed by atoms with E-state index in [1.165, 1.54) is 18.9 Å². The molecule has 0 fully saturated rings. The number of benzene rings is 1. The number of carbonyl (C=O) groups is 2. The molecule has 1 atom stereocenters. The maximum atomic E-state index is 13.1. The number of allylic oxidation sites excluding steroid dienone is 1. The van der Waals surface area contributed by atoms with Gasteiger partial charge >= 0.3 is 5.97 Å². The topological polar surface area (TPSA) is 102 Å². The van der Waals surface area contributed by atoms with Crippen LogP contribution in [-0.2, 0) is 20.7 Å². The van der Waals surface area contributed by atoms with Crippen molar-refractivity contribution in [3.05, 3.63) is 76.2 Å². The van der Waals surface area contributed by atoms with Crippen molar-refractivity contribution in [2.75, 3.05) is 27.9 Å². The van der Waals surface area contributed by atoms with E-state index in [0.717, 1.165) is 11.4 Å². The van der Waals surface area contributed by atoms with E-state index in [-0.39, 0.29) is 12.3 Å². The maximum absolute atomic E-state index is 13.1. The van der Waals surface area contributed by atoms with Crippen LogP contribution in [0, 0.1) is 0 Å². The van der Waals surface area contributed by atoms with Crippen LogP contribution in [0.5, 0.6) is 11.5 Å². The predicted octanol–water partition coefficient (Wildman–Crippen LogP) is 3.99. The summed E-state index contributed by atoms with van der Waals surface area (Å²) >= 11 is 1.42. The standard InChI is InChI=1S/C27H30N4O5S/c1-5-20-23(26(33)36-4)24(19-10-8-11-21(34-2)25(19)35-3)31-18(16-37-27(31)30-20)15-22(32)29-14-12-17-9-6-7-13-28-17/h6-11,13,16,24H,5,12,14-15H2,1-4H3,(H,29,32). The third-order valence-electron chi connectivity index (χ3n) is 6.13. The summed E-state index contributed by atoms with van der Waals surface area (Å²) in [4.78, 5) is 37.0. The molecule has 1 aromatic heterocycles. The van der Waals surface area contributed by atoms with E-state index in [2.05, 4.69) is 10.3 Å². The number of methoxy groups -OCH3 is 3. The minimum Gasteiger partial charge on any atom is -0.493 e. The van der Waals surface area contributed by atoms with Crippen LogP contribution < -0.4 is 14.8 Å². The molecule has 2 aromatic rings. The van der Waals surface area contributed by atoms with E-state index in [1.807, 2.05) is 47.6 Å². The molecule has 0 aliphatic carbocycles. The average molecular weight is 523 g/mol. The number of amides is 1. The summed E-state index contributed by atoms with van der Waals surface area (Å²) < 4.78 is 16.5. The Bertz CT molecular complexity index is 1260. The van der Waals surface area contributed by atoms with Gasteiger partial charge in [-0.3, -0.25) is 9.78 Å². The lowest BCUT2D eigenvalue weighted by Crippen LogP contribution is -2.38. The van der Waals surface area contributed by atoms with Gasteiger partial charge in [-0.05, 0) is 30.0 Å². The zero-order chi connectivity index (χ0) is 26.4. The lowest BCUT2D eigenvalue weighted by molar-refractivity contribution is -0.136. The van der Waals surface area contributed by atoms with Crippen molar-refractivity contribution in [1.82, 2.24) is 15.2 Å². The van der Waals surface area contributed by atoms with Gasteiger partial charge < -0.3 is 24.4 Å². The number of fused-ring (bicyclic) bond motifs is 1. The monoisotopic (exact) mass is 522 g/mol. The summed E-state index contributed by atoms with van der Waals surface area (Å²) in [6.07, 6.45) is 3.02. The Morgan fingerprint density at radius 3 is 2.62 bits per heavy atom. The molecule has 3 heterocycles. The second-order valence-corrected chi connectivity index (χ2v) is 9.12. The van der Waals surface area contributed by atoms with Crippen LogP contribution in [-0.4, -0.2) is 54.8 Å². The highest BCUT2D eigenvalue weighted by Crippen LogP contribution is 2.49. The molecule has 0 saturated heterocycles. The molecular formula is C27H30N4O5S. The molecule has 1 aromatic carbocycles. The molecule has 1 N–H and O–H groups in total. The summed E-state index contributed by atoms with van der Waals surface area (Å²) in [7, 11) is 4.48. The molecule has 9 nitrogen and oxygen atoms in total. The summed E-state index contributed by atoms with van der Waals surface area (Å²) in [6.45, 7) is 2.42. The molecule has 0 spiro atoms. The summed E-state index contributed by atoms with van der Waals surface area (Å²) in [5.41, 5.74) is 3.39. The van der Waals surface area contributed by atoms with Crippen molar-refractivity contribution in [2.24, 2.45) is 4.99 Å². The van der Waals surface area contributed by atoms with Crippen LogP contribution in [0.3, 0.4) is 0 Å². The summed E-state index contributed by atoms with van der Waals surface area (Å²) in [6, 6.07) is 10.6. The lowest BCUT2D eigenvalue weighted by atomic mass is 9.92. The minimum absolute atomic E-state index is 0.118. The van der Waals surface area contributed by atoms with E-state index in [9.17, 15) is 9.59 Å². The van der Waals surface area contributed by atoms with Gasteiger partial charge in [-0.2, -0.15) is 0 Å². The van der Waals surface area contributed by atoms with Crippen LogP contribution in [0.25, 0.3) is 0 Å². The van der Waals surface area contributed by atoms with E-state index >= 15 is 0 Å². The number of carbonyl (C=O) groups excluding carboxylic acids is 2. The first-order valence-electron chi connectivity index (χ1n) is 11.9. The SMILES string of the molecule is CCC1=C(C(=O)OC)C(c2cccc(OC)c2OC)N2C(CC(=O)NCCc3ccccn3)=CSC2=N1. The van der Waals surface area contributed by atoms with Crippen LogP contribution in [0.4, 0.5) is 0 Å². The fourth-order valence-corrected chi connectivity index (χ4v) is 5.37. The number of hydrogen-bond donors (Lipinski definition) is 1. The minimum atomic E-state index is -0.609. The van der Waals surface area contributed by atoms with E-state index < -0.39 is 12.0 Å². The molecule has 37 heavy (non-hydrogen) atoms. The Morgan fingerprint density at radius 2 is 1.95 bits per heavy atom. The Balaban J connectivity index is 1.65. The number of hydrogen-bond acceptors (Lipinski definition) is 9. The fraction of sp³-hybridized carbons (Fsp3) is 0.333. The zero-order valence-electron chi connectivity index (χ0n) is 21.3. The highest BCUT2D eigenvalue weighted by molar-refractivity contribution is 8.16. The number of aromatic nitrogens is 1. The fourth-order valence-electron chi connectivity index (χ4n) is 4.44. The first-order chi connectivity index (χ1) is 18.0.